The largest absolute Gasteiger partial charge is 0.394 e. The van der Waals surface area contributed by atoms with Gasteiger partial charge in [-0.05, 0) is 18.8 Å². The molecule has 2 heterocycles. The summed E-state index contributed by atoms with van der Waals surface area (Å²) in [6.45, 7) is 0.140. The van der Waals surface area contributed by atoms with Crippen molar-refractivity contribution in [1.82, 2.24) is 15.5 Å². The smallest absolute Gasteiger partial charge is 0.0862 e. The van der Waals surface area contributed by atoms with Crippen molar-refractivity contribution in [2.45, 2.75) is 24.9 Å². The standard InChI is InChI=1S/C9H13N3O/c13-4-7-9-6(3-10-12-9)8(11-7)5-1-2-5/h3,5,7-8,11,13H,1-2,4H2,(H,10,12). The maximum Gasteiger partial charge on any atom is 0.0862 e. The van der Waals surface area contributed by atoms with Crippen molar-refractivity contribution in [1.29, 1.82) is 0 Å². The summed E-state index contributed by atoms with van der Waals surface area (Å²) >= 11 is 0. The van der Waals surface area contributed by atoms with E-state index >= 15 is 0 Å². The summed E-state index contributed by atoms with van der Waals surface area (Å²) in [5, 5.41) is 19.6. The summed E-state index contributed by atoms with van der Waals surface area (Å²) in [6.07, 6.45) is 4.57. The van der Waals surface area contributed by atoms with Crippen LogP contribution >= 0.6 is 0 Å². The van der Waals surface area contributed by atoms with Crippen LogP contribution in [0.5, 0.6) is 0 Å². The van der Waals surface area contributed by atoms with Crippen LogP contribution in [0.4, 0.5) is 0 Å². The lowest BCUT2D eigenvalue weighted by atomic mass is 10.1. The Labute approximate surface area is 76.4 Å². The molecule has 1 aromatic rings. The monoisotopic (exact) mass is 179 g/mol. The van der Waals surface area contributed by atoms with E-state index in [1.807, 2.05) is 6.20 Å². The quantitative estimate of drug-likeness (QED) is 0.619. The van der Waals surface area contributed by atoms with Gasteiger partial charge in [-0.15, -0.1) is 0 Å². The van der Waals surface area contributed by atoms with Crippen LogP contribution in [0.25, 0.3) is 0 Å². The molecule has 0 radical (unpaired) electrons. The average Bonchev–Trinajstić information content (AvgIpc) is 2.77. The van der Waals surface area contributed by atoms with Gasteiger partial charge in [-0.3, -0.25) is 10.4 Å². The van der Waals surface area contributed by atoms with E-state index in [-0.39, 0.29) is 12.6 Å². The lowest BCUT2D eigenvalue weighted by molar-refractivity contribution is 0.239. The van der Waals surface area contributed by atoms with Crippen LogP contribution in [0.15, 0.2) is 6.20 Å². The molecule has 4 heteroatoms. The predicted octanol–water partition coefficient (Wildman–Crippen LogP) is 0.497. The van der Waals surface area contributed by atoms with Gasteiger partial charge in [-0.2, -0.15) is 5.10 Å². The fourth-order valence-corrected chi connectivity index (χ4v) is 2.18. The molecule has 0 amide bonds. The average molecular weight is 179 g/mol. The molecule has 3 N–H and O–H groups in total. The van der Waals surface area contributed by atoms with Gasteiger partial charge in [0.15, 0.2) is 0 Å². The summed E-state index contributed by atoms with van der Waals surface area (Å²) < 4.78 is 0. The van der Waals surface area contributed by atoms with Crippen molar-refractivity contribution in [2.24, 2.45) is 5.92 Å². The second-order valence-electron chi connectivity index (χ2n) is 3.94. The van der Waals surface area contributed by atoms with Gasteiger partial charge in [0, 0.05) is 17.8 Å². The van der Waals surface area contributed by atoms with Gasteiger partial charge in [0.05, 0.1) is 18.3 Å². The number of hydrogen-bond acceptors (Lipinski definition) is 3. The molecule has 1 aliphatic heterocycles. The molecule has 70 valence electrons. The van der Waals surface area contributed by atoms with E-state index in [9.17, 15) is 0 Å². The van der Waals surface area contributed by atoms with Crippen molar-refractivity contribution < 1.29 is 5.11 Å². The molecule has 1 aliphatic carbocycles. The molecule has 0 saturated heterocycles. The number of aliphatic hydroxyl groups excluding tert-OH is 1. The summed E-state index contributed by atoms with van der Waals surface area (Å²) in [5.74, 6) is 0.771. The van der Waals surface area contributed by atoms with Gasteiger partial charge in [0.1, 0.15) is 0 Å². The topological polar surface area (TPSA) is 60.9 Å². The molecule has 1 saturated carbocycles. The van der Waals surface area contributed by atoms with Crippen LogP contribution in [-0.4, -0.2) is 21.9 Å². The summed E-state index contributed by atoms with van der Waals surface area (Å²) in [5.41, 5.74) is 2.28. The van der Waals surface area contributed by atoms with Crippen molar-refractivity contribution in [2.75, 3.05) is 6.61 Å². The number of nitrogens with zero attached hydrogens (tertiary/aromatic N) is 1. The first-order valence-electron chi connectivity index (χ1n) is 4.80. The third-order valence-electron chi connectivity index (χ3n) is 3.02. The molecule has 3 rings (SSSR count). The number of nitrogens with one attached hydrogen (secondary N) is 2. The van der Waals surface area contributed by atoms with Gasteiger partial charge in [-0.25, -0.2) is 0 Å². The number of hydrogen-bond donors (Lipinski definition) is 3. The maximum atomic E-state index is 9.13. The Balaban J connectivity index is 1.95. The first kappa shape index (κ1) is 7.53. The highest BCUT2D eigenvalue weighted by atomic mass is 16.3. The summed E-state index contributed by atoms with van der Waals surface area (Å²) in [6, 6.07) is 0.484. The fraction of sp³-hybridized carbons (Fsp3) is 0.667. The van der Waals surface area contributed by atoms with Gasteiger partial charge < -0.3 is 5.11 Å². The normalized spacial score (nSPS) is 32.1. The van der Waals surface area contributed by atoms with E-state index in [0.29, 0.717) is 6.04 Å². The third kappa shape index (κ3) is 1.02. The molecule has 2 unspecified atom stereocenters. The third-order valence-corrected chi connectivity index (χ3v) is 3.02. The Morgan fingerprint density at radius 3 is 3.08 bits per heavy atom. The van der Waals surface area contributed by atoms with Gasteiger partial charge in [0.2, 0.25) is 0 Å². The highest BCUT2D eigenvalue weighted by Crippen LogP contribution is 2.46. The lowest BCUT2D eigenvalue weighted by Crippen LogP contribution is -2.22. The molecule has 1 fully saturated rings. The zero-order valence-electron chi connectivity index (χ0n) is 7.33. The minimum Gasteiger partial charge on any atom is -0.394 e. The van der Waals surface area contributed by atoms with Gasteiger partial charge >= 0.3 is 0 Å². The van der Waals surface area contributed by atoms with Crippen LogP contribution in [0.3, 0.4) is 0 Å². The number of aliphatic hydroxyl groups is 1. The minimum atomic E-state index is 0.0480. The maximum absolute atomic E-state index is 9.13. The predicted molar refractivity (Wildman–Crippen MR) is 47.0 cm³/mol. The Bertz CT molecular complexity index is 318. The summed E-state index contributed by atoms with van der Waals surface area (Å²) in [7, 11) is 0. The van der Waals surface area contributed by atoms with E-state index in [4.69, 9.17) is 5.11 Å². The van der Waals surface area contributed by atoms with E-state index in [1.54, 1.807) is 0 Å². The molecular weight excluding hydrogens is 166 g/mol. The highest BCUT2D eigenvalue weighted by molar-refractivity contribution is 5.31. The van der Waals surface area contributed by atoms with Crippen molar-refractivity contribution in [3.05, 3.63) is 17.5 Å². The number of rotatable bonds is 2. The molecule has 13 heavy (non-hydrogen) atoms. The number of aromatic amines is 1. The first-order valence-corrected chi connectivity index (χ1v) is 4.80. The molecular formula is C9H13N3O. The number of H-pyrrole nitrogens is 1. The Morgan fingerprint density at radius 2 is 2.38 bits per heavy atom. The minimum absolute atomic E-state index is 0.0480. The zero-order valence-corrected chi connectivity index (χ0v) is 7.33. The van der Waals surface area contributed by atoms with Gasteiger partial charge in [0.25, 0.3) is 0 Å². The van der Waals surface area contributed by atoms with E-state index < -0.39 is 0 Å². The summed E-state index contributed by atoms with van der Waals surface area (Å²) in [4.78, 5) is 0. The molecule has 1 aromatic heterocycles. The zero-order chi connectivity index (χ0) is 8.84. The molecule has 2 atom stereocenters. The second kappa shape index (κ2) is 2.56. The molecule has 4 nitrogen and oxygen atoms in total. The van der Waals surface area contributed by atoms with Crippen molar-refractivity contribution >= 4 is 0 Å². The van der Waals surface area contributed by atoms with E-state index in [1.165, 1.54) is 18.4 Å². The van der Waals surface area contributed by atoms with E-state index in [2.05, 4.69) is 15.5 Å². The Morgan fingerprint density at radius 1 is 1.54 bits per heavy atom. The Hall–Kier alpha value is -0.870. The van der Waals surface area contributed by atoms with E-state index in [0.717, 1.165) is 11.6 Å². The second-order valence-corrected chi connectivity index (χ2v) is 3.94. The molecule has 0 aromatic carbocycles. The van der Waals surface area contributed by atoms with Crippen LogP contribution in [0, 0.1) is 5.92 Å². The van der Waals surface area contributed by atoms with Gasteiger partial charge in [-0.1, -0.05) is 0 Å². The fourth-order valence-electron chi connectivity index (χ4n) is 2.18. The van der Waals surface area contributed by atoms with Crippen LogP contribution in [0.2, 0.25) is 0 Å². The van der Waals surface area contributed by atoms with Crippen LogP contribution < -0.4 is 5.32 Å². The number of fused-ring (bicyclic) bond motifs is 1. The number of aromatic nitrogens is 2. The first-order chi connectivity index (χ1) is 6.40. The van der Waals surface area contributed by atoms with Crippen molar-refractivity contribution in [3.8, 4) is 0 Å². The molecule has 2 aliphatic rings. The van der Waals surface area contributed by atoms with Crippen LogP contribution in [0.1, 0.15) is 36.2 Å². The van der Waals surface area contributed by atoms with Crippen molar-refractivity contribution in [3.63, 3.8) is 0 Å². The molecule has 0 spiro atoms. The SMILES string of the molecule is OCC1NC(C2CC2)c2c[nH]nc21. The lowest BCUT2D eigenvalue weighted by Gasteiger charge is -2.11. The Kier molecular flexibility index (Phi) is 1.48. The van der Waals surface area contributed by atoms with Crippen LogP contribution in [-0.2, 0) is 0 Å². The highest BCUT2D eigenvalue weighted by Gasteiger charge is 2.41. The molecule has 0 bridgehead atoms.